The fourth-order valence-electron chi connectivity index (χ4n) is 1.31. The Morgan fingerprint density at radius 1 is 1.69 bits per heavy atom. The fourth-order valence-corrected chi connectivity index (χ4v) is 1.46. The molecule has 0 saturated heterocycles. The molecule has 0 aliphatic rings. The highest BCUT2D eigenvalue weighted by molar-refractivity contribution is 6.17. The van der Waals surface area contributed by atoms with Gasteiger partial charge in [-0.05, 0) is 25.8 Å². The van der Waals surface area contributed by atoms with Crippen molar-refractivity contribution in [3.8, 4) is 0 Å². The van der Waals surface area contributed by atoms with Gasteiger partial charge in [-0.3, -0.25) is 4.68 Å². The van der Waals surface area contributed by atoms with E-state index in [4.69, 9.17) is 11.6 Å². The SMILES string of the molecule is CCn1nccc1C(O)CCCCl. The van der Waals surface area contributed by atoms with E-state index in [-0.39, 0.29) is 0 Å². The predicted molar refractivity (Wildman–Crippen MR) is 52.8 cm³/mol. The van der Waals surface area contributed by atoms with Crippen LogP contribution in [-0.2, 0) is 6.54 Å². The van der Waals surface area contributed by atoms with Crippen LogP contribution in [0.5, 0.6) is 0 Å². The molecule has 3 nitrogen and oxygen atoms in total. The Kier molecular flexibility index (Phi) is 4.25. The van der Waals surface area contributed by atoms with Crippen LogP contribution in [0.25, 0.3) is 0 Å². The molecule has 1 atom stereocenters. The summed E-state index contributed by atoms with van der Waals surface area (Å²) >= 11 is 5.55. The Labute approximate surface area is 83.3 Å². The molecule has 1 heterocycles. The standard InChI is InChI=1S/C9H15ClN2O/c1-2-12-8(5-7-11-12)9(13)4-3-6-10/h5,7,9,13H,2-4,6H2,1H3. The van der Waals surface area contributed by atoms with Crippen LogP contribution in [0.1, 0.15) is 31.6 Å². The zero-order valence-corrected chi connectivity index (χ0v) is 8.54. The van der Waals surface area contributed by atoms with E-state index < -0.39 is 6.10 Å². The number of aliphatic hydroxyl groups is 1. The van der Waals surface area contributed by atoms with E-state index in [9.17, 15) is 5.11 Å². The summed E-state index contributed by atoms with van der Waals surface area (Å²) in [6.45, 7) is 2.80. The van der Waals surface area contributed by atoms with E-state index in [0.29, 0.717) is 12.3 Å². The molecule has 4 heteroatoms. The second kappa shape index (κ2) is 5.25. The van der Waals surface area contributed by atoms with E-state index in [0.717, 1.165) is 18.7 Å². The van der Waals surface area contributed by atoms with Gasteiger partial charge in [0.2, 0.25) is 0 Å². The largest absolute Gasteiger partial charge is 0.387 e. The molecule has 74 valence electrons. The number of alkyl halides is 1. The minimum absolute atomic E-state index is 0.429. The van der Waals surface area contributed by atoms with Crippen molar-refractivity contribution in [1.29, 1.82) is 0 Å². The Hall–Kier alpha value is -0.540. The maximum atomic E-state index is 9.73. The molecule has 0 bridgehead atoms. The summed E-state index contributed by atoms with van der Waals surface area (Å²) in [7, 11) is 0. The quantitative estimate of drug-likeness (QED) is 0.742. The Balaban J connectivity index is 2.59. The molecule has 0 spiro atoms. The van der Waals surface area contributed by atoms with Gasteiger partial charge in [-0.2, -0.15) is 5.10 Å². The van der Waals surface area contributed by atoms with Crippen molar-refractivity contribution in [3.05, 3.63) is 18.0 Å². The van der Waals surface area contributed by atoms with Crippen LogP contribution in [0.3, 0.4) is 0 Å². The maximum absolute atomic E-state index is 9.73. The summed E-state index contributed by atoms with van der Waals surface area (Å²) in [5, 5.41) is 13.8. The lowest BCUT2D eigenvalue weighted by Crippen LogP contribution is -2.08. The highest BCUT2D eigenvalue weighted by atomic mass is 35.5. The van der Waals surface area contributed by atoms with E-state index in [1.54, 1.807) is 10.9 Å². The number of rotatable bonds is 5. The van der Waals surface area contributed by atoms with Gasteiger partial charge in [-0.25, -0.2) is 0 Å². The normalized spacial score (nSPS) is 13.2. The highest BCUT2D eigenvalue weighted by Crippen LogP contribution is 2.17. The number of aryl methyl sites for hydroxylation is 1. The molecule has 1 unspecified atom stereocenters. The van der Waals surface area contributed by atoms with Crippen LogP contribution in [0.15, 0.2) is 12.3 Å². The summed E-state index contributed by atoms with van der Waals surface area (Å²) in [4.78, 5) is 0. The first kappa shape index (κ1) is 10.5. The second-order valence-corrected chi connectivity index (χ2v) is 3.30. The van der Waals surface area contributed by atoms with Crippen LogP contribution in [0.4, 0.5) is 0 Å². The van der Waals surface area contributed by atoms with Crippen LogP contribution in [0.2, 0.25) is 0 Å². The summed E-state index contributed by atoms with van der Waals surface area (Å²) < 4.78 is 1.80. The topological polar surface area (TPSA) is 38.0 Å². The maximum Gasteiger partial charge on any atom is 0.0957 e. The molecule has 0 aromatic carbocycles. The van der Waals surface area contributed by atoms with E-state index in [1.807, 2.05) is 13.0 Å². The van der Waals surface area contributed by atoms with Gasteiger partial charge in [-0.15, -0.1) is 11.6 Å². The first-order chi connectivity index (χ1) is 6.29. The average Bonchev–Trinajstić information content (AvgIpc) is 2.61. The molecule has 0 aliphatic carbocycles. The van der Waals surface area contributed by atoms with E-state index >= 15 is 0 Å². The number of halogens is 1. The molecule has 0 radical (unpaired) electrons. The summed E-state index contributed by atoms with van der Waals surface area (Å²) in [5.41, 5.74) is 0.882. The highest BCUT2D eigenvalue weighted by Gasteiger charge is 2.11. The van der Waals surface area contributed by atoms with Gasteiger partial charge in [0, 0.05) is 18.6 Å². The lowest BCUT2D eigenvalue weighted by atomic mass is 10.1. The Morgan fingerprint density at radius 2 is 2.46 bits per heavy atom. The smallest absolute Gasteiger partial charge is 0.0957 e. The number of hydrogen-bond donors (Lipinski definition) is 1. The van der Waals surface area contributed by atoms with Gasteiger partial charge < -0.3 is 5.11 Å². The number of hydrogen-bond acceptors (Lipinski definition) is 2. The van der Waals surface area contributed by atoms with Gasteiger partial charge in [0.15, 0.2) is 0 Å². The van der Waals surface area contributed by atoms with Gasteiger partial charge in [0.25, 0.3) is 0 Å². The third kappa shape index (κ3) is 2.71. The van der Waals surface area contributed by atoms with Crippen molar-refractivity contribution in [3.63, 3.8) is 0 Å². The minimum atomic E-state index is -0.429. The molecule has 13 heavy (non-hydrogen) atoms. The molecule has 0 aliphatic heterocycles. The predicted octanol–water partition coefficient (Wildman–Crippen LogP) is 1.96. The van der Waals surface area contributed by atoms with Crippen LogP contribution < -0.4 is 0 Å². The average molecular weight is 203 g/mol. The summed E-state index contributed by atoms with van der Waals surface area (Å²) in [6, 6.07) is 1.85. The monoisotopic (exact) mass is 202 g/mol. The molecular weight excluding hydrogens is 188 g/mol. The first-order valence-corrected chi connectivity index (χ1v) is 5.08. The number of aliphatic hydroxyl groups excluding tert-OH is 1. The Bertz CT molecular complexity index is 250. The minimum Gasteiger partial charge on any atom is -0.387 e. The van der Waals surface area contributed by atoms with Gasteiger partial charge in [0.1, 0.15) is 0 Å². The summed E-state index contributed by atoms with van der Waals surface area (Å²) in [5.74, 6) is 0.595. The van der Waals surface area contributed by atoms with Crippen LogP contribution in [-0.4, -0.2) is 20.8 Å². The third-order valence-corrected chi connectivity index (χ3v) is 2.27. The fraction of sp³-hybridized carbons (Fsp3) is 0.667. The Morgan fingerprint density at radius 3 is 3.08 bits per heavy atom. The lowest BCUT2D eigenvalue weighted by Gasteiger charge is -2.11. The van der Waals surface area contributed by atoms with Crippen LogP contribution in [0, 0.1) is 0 Å². The molecule has 0 fully saturated rings. The molecular formula is C9H15ClN2O. The molecule has 1 aromatic rings. The number of aromatic nitrogens is 2. The second-order valence-electron chi connectivity index (χ2n) is 2.92. The summed E-state index contributed by atoms with van der Waals surface area (Å²) in [6.07, 6.45) is 2.82. The van der Waals surface area contributed by atoms with Gasteiger partial charge in [-0.1, -0.05) is 0 Å². The first-order valence-electron chi connectivity index (χ1n) is 4.55. The van der Waals surface area contributed by atoms with Crippen molar-refractivity contribution in [2.75, 3.05) is 5.88 Å². The van der Waals surface area contributed by atoms with Crippen molar-refractivity contribution < 1.29 is 5.11 Å². The van der Waals surface area contributed by atoms with Gasteiger partial charge >= 0.3 is 0 Å². The molecule has 0 saturated carbocycles. The lowest BCUT2D eigenvalue weighted by molar-refractivity contribution is 0.156. The number of nitrogens with zero attached hydrogens (tertiary/aromatic N) is 2. The van der Waals surface area contributed by atoms with Crippen molar-refractivity contribution in [2.45, 2.75) is 32.4 Å². The van der Waals surface area contributed by atoms with Crippen molar-refractivity contribution >= 4 is 11.6 Å². The van der Waals surface area contributed by atoms with Crippen molar-refractivity contribution in [1.82, 2.24) is 9.78 Å². The zero-order valence-electron chi connectivity index (χ0n) is 7.78. The molecule has 0 amide bonds. The van der Waals surface area contributed by atoms with Crippen LogP contribution >= 0.6 is 11.6 Å². The van der Waals surface area contributed by atoms with E-state index in [2.05, 4.69) is 5.10 Å². The van der Waals surface area contributed by atoms with E-state index in [1.165, 1.54) is 0 Å². The van der Waals surface area contributed by atoms with Crippen molar-refractivity contribution in [2.24, 2.45) is 0 Å². The molecule has 1 N–H and O–H groups in total. The third-order valence-electron chi connectivity index (χ3n) is 2.00. The molecule has 1 rings (SSSR count). The van der Waals surface area contributed by atoms with Gasteiger partial charge in [0.05, 0.1) is 11.8 Å². The zero-order chi connectivity index (χ0) is 9.68. The molecule has 1 aromatic heterocycles.